The third-order valence-corrected chi connectivity index (χ3v) is 2.35. The maximum Gasteiger partial charge on any atom is 0.253 e. The second kappa shape index (κ2) is 5.52. The first-order valence-corrected chi connectivity index (χ1v) is 5.07. The molecule has 0 fully saturated rings. The number of rotatable bonds is 2. The van der Waals surface area contributed by atoms with E-state index in [9.17, 15) is 9.18 Å². The molecule has 1 aromatic carbocycles. The maximum atomic E-state index is 12.7. The standard InChI is InChI=1S/C11H9BrFNO/c1-2-3-6-14-11(15)9-5-4-8(13)7-10(9)12/h4-5,7H,6H2,1H3,(H,14,15). The van der Waals surface area contributed by atoms with E-state index in [2.05, 4.69) is 33.1 Å². The van der Waals surface area contributed by atoms with Crippen molar-refractivity contribution in [3.05, 3.63) is 34.1 Å². The Kier molecular flexibility index (Phi) is 4.32. The van der Waals surface area contributed by atoms with Gasteiger partial charge in [-0.2, -0.15) is 0 Å². The molecule has 0 aliphatic heterocycles. The Labute approximate surface area is 96.0 Å². The fourth-order valence-corrected chi connectivity index (χ4v) is 1.51. The highest BCUT2D eigenvalue weighted by Gasteiger charge is 2.09. The summed E-state index contributed by atoms with van der Waals surface area (Å²) in [6.07, 6.45) is 0. The first kappa shape index (κ1) is 11.7. The predicted molar refractivity (Wildman–Crippen MR) is 59.9 cm³/mol. The van der Waals surface area contributed by atoms with E-state index in [1.165, 1.54) is 18.2 Å². The fourth-order valence-electron chi connectivity index (χ4n) is 0.982. The van der Waals surface area contributed by atoms with E-state index in [0.29, 0.717) is 16.6 Å². The van der Waals surface area contributed by atoms with Crippen LogP contribution in [0.2, 0.25) is 0 Å². The summed E-state index contributed by atoms with van der Waals surface area (Å²) in [6, 6.07) is 3.92. The Hall–Kier alpha value is -1.34. The quantitative estimate of drug-likeness (QED) is 0.821. The highest BCUT2D eigenvalue weighted by molar-refractivity contribution is 9.10. The molecule has 1 aromatic rings. The molecule has 1 rings (SSSR count). The van der Waals surface area contributed by atoms with Gasteiger partial charge in [0.25, 0.3) is 5.91 Å². The van der Waals surface area contributed by atoms with E-state index in [4.69, 9.17) is 0 Å². The zero-order valence-electron chi connectivity index (χ0n) is 8.10. The van der Waals surface area contributed by atoms with Crippen LogP contribution < -0.4 is 5.32 Å². The van der Waals surface area contributed by atoms with Gasteiger partial charge in [0.2, 0.25) is 0 Å². The van der Waals surface area contributed by atoms with Crippen LogP contribution in [0.4, 0.5) is 4.39 Å². The molecule has 0 aromatic heterocycles. The predicted octanol–water partition coefficient (Wildman–Crippen LogP) is 2.34. The van der Waals surface area contributed by atoms with E-state index < -0.39 is 0 Å². The van der Waals surface area contributed by atoms with Crippen LogP contribution in [0.1, 0.15) is 17.3 Å². The summed E-state index contributed by atoms with van der Waals surface area (Å²) in [6.45, 7) is 1.99. The van der Waals surface area contributed by atoms with Crippen LogP contribution in [0.3, 0.4) is 0 Å². The van der Waals surface area contributed by atoms with Gasteiger partial charge in [-0.15, -0.1) is 5.92 Å². The normalized spacial score (nSPS) is 9.00. The molecular weight excluding hydrogens is 261 g/mol. The Balaban J connectivity index is 2.76. The van der Waals surface area contributed by atoms with Crippen LogP contribution in [-0.4, -0.2) is 12.5 Å². The number of carbonyl (C=O) groups excluding carboxylic acids is 1. The number of amides is 1. The molecule has 0 aliphatic carbocycles. The number of halogens is 2. The molecule has 15 heavy (non-hydrogen) atoms. The molecule has 78 valence electrons. The average Bonchev–Trinajstić information content (AvgIpc) is 2.17. The molecule has 2 nitrogen and oxygen atoms in total. The largest absolute Gasteiger partial charge is 0.341 e. The zero-order chi connectivity index (χ0) is 11.3. The second-order valence-corrected chi connectivity index (χ2v) is 3.59. The number of hydrogen-bond donors (Lipinski definition) is 1. The van der Waals surface area contributed by atoms with Gasteiger partial charge in [-0.3, -0.25) is 4.79 Å². The Morgan fingerprint density at radius 2 is 2.33 bits per heavy atom. The molecule has 0 radical (unpaired) electrons. The van der Waals surface area contributed by atoms with Crippen molar-refractivity contribution in [1.82, 2.24) is 5.32 Å². The first-order chi connectivity index (χ1) is 7.15. The minimum Gasteiger partial charge on any atom is -0.341 e. The fraction of sp³-hybridized carbons (Fsp3) is 0.182. The molecular formula is C11H9BrFNO. The summed E-state index contributed by atoms with van der Waals surface area (Å²) >= 11 is 3.12. The van der Waals surface area contributed by atoms with Crippen molar-refractivity contribution in [3.63, 3.8) is 0 Å². The van der Waals surface area contributed by atoms with Gasteiger partial charge in [0.05, 0.1) is 12.1 Å². The first-order valence-electron chi connectivity index (χ1n) is 4.28. The van der Waals surface area contributed by atoms with Crippen LogP contribution in [0.25, 0.3) is 0 Å². The number of carbonyl (C=O) groups is 1. The van der Waals surface area contributed by atoms with Gasteiger partial charge in [-0.25, -0.2) is 4.39 Å². The SMILES string of the molecule is CC#CCNC(=O)c1ccc(F)cc1Br. The minimum atomic E-state index is -0.383. The molecule has 0 saturated heterocycles. The summed E-state index contributed by atoms with van der Waals surface area (Å²) in [5.41, 5.74) is 0.398. The Morgan fingerprint density at radius 3 is 2.93 bits per heavy atom. The number of benzene rings is 1. The van der Waals surface area contributed by atoms with Gasteiger partial charge >= 0.3 is 0 Å². The molecule has 0 aliphatic rings. The van der Waals surface area contributed by atoms with Gasteiger partial charge in [-0.1, -0.05) is 5.92 Å². The summed E-state index contributed by atoms with van der Waals surface area (Å²) < 4.78 is 13.2. The topological polar surface area (TPSA) is 29.1 Å². The van der Waals surface area contributed by atoms with E-state index in [0.717, 1.165) is 0 Å². The Bertz CT molecular complexity index is 434. The lowest BCUT2D eigenvalue weighted by Crippen LogP contribution is -2.23. The maximum absolute atomic E-state index is 12.7. The molecule has 1 amide bonds. The lowest BCUT2D eigenvalue weighted by atomic mass is 10.2. The lowest BCUT2D eigenvalue weighted by Gasteiger charge is -2.03. The van der Waals surface area contributed by atoms with Crippen molar-refractivity contribution in [2.45, 2.75) is 6.92 Å². The van der Waals surface area contributed by atoms with Crippen LogP contribution >= 0.6 is 15.9 Å². The van der Waals surface area contributed by atoms with Crippen molar-refractivity contribution in [1.29, 1.82) is 0 Å². The van der Waals surface area contributed by atoms with Gasteiger partial charge in [0, 0.05) is 4.47 Å². The zero-order valence-corrected chi connectivity index (χ0v) is 9.69. The van der Waals surface area contributed by atoms with Crippen LogP contribution in [0.5, 0.6) is 0 Å². The minimum absolute atomic E-state index is 0.273. The van der Waals surface area contributed by atoms with E-state index in [1.807, 2.05) is 0 Å². The van der Waals surface area contributed by atoms with Gasteiger partial charge in [0.1, 0.15) is 5.82 Å². The van der Waals surface area contributed by atoms with Crippen LogP contribution in [-0.2, 0) is 0 Å². The molecule has 1 N–H and O–H groups in total. The second-order valence-electron chi connectivity index (χ2n) is 2.73. The highest BCUT2D eigenvalue weighted by atomic mass is 79.9. The van der Waals surface area contributed by atoms with Crippen molar-refractivity contribution >= 4 is 21.8 Å². The molecule has 0 saturated carbocycles. The van der Waals surface area contributed by atoms with Crippen LogP contribution in [0, 0.1) is 17.7 Å². The van der Waals surface area contributed by atoms with Gasteiger partial charge in [-0.05, 0) is 41.1 Å². The van der Waals surface area contributed by atoms with Crippen molar-refractivity contribution in [3.8, 4) is 11.8 Å². The summed E-state index contributed by atoms with van der Waals surface area (Å²) in [4.78, 5) is 11.5. The molecule has 0 bridgehead atoms. The molecule has 0 unspecified atom stereocenters. The van der Waals surface area contributed by atoms with Crippen molar-refractivity contribution in [2.24, 2.45) is 0 Å². The van der Waals surface area contributed by atoms with E-state index in [1.54, 1.807) is 6.92 Å². The number of nitrogens with one attached hydrogen (secondary N) is 1. The van der Waals surface area contributed by atoms with E-state index in [-0.39, 0.29) is 11.7 Å². The molecule has 4 heteroatoms. The highest BCUT2D eigenvalue weighted by Crippen LogP contribution is 2.17. The third-order valence-electron chi connectivity index (χ3n) is 1.69. The molecule has 0 atom stereocenters. The van der Waals surface area contributed by atoms with Crippen molar-refractivity contribution in [2.75, 3.05) is 6.54 Å². The van der Waals surface area contributed by atoms with Crippen LogP contribution in [0.15, 0.2) is 22.7 Å². The van der Waals surface area contributed by atoms with Gasteiger partial charge < -0.3 is 5.32 Å². The third kappa shape index (κ3) is 3.37. The molecule has 0 heterocycles. The Morgan fingerprint density at radius 1 is 1.60 bits per heavy atom. The summed E-state index contributed by atoms with van der Waals surface area (Å²) in [5.74, 6) is 4.71. The van der Waals surface area contributed by atoms with Gasteiger partial charge in [0.15, 0.2) is 0 Å². The monoisotopic (exact) mass is 269 g/mol. The smallest absolute Gasteiger partial charge is 0.253 e. The molecule has 0 spiro atoms. The summed E-state index contributed by atoms with van der Waals surface area (Å²) in [7, 11) is 0. The summed E-state index contributed by atoms with van der Waals surface area (Å²) in [5, 5.41) is 2.60. The van der Waals surface area contributed by atoms with Crippen molar-refractivity contribution < 1.29 is 9.18 Å². The lowest BCUT2D eigenvalue weighted by molar-refractivity contribution is 0.0958. The number of hydrogen-bond acceptors (Lipinski definition) is 1. The average molecular weight is 270 g/mol. The van der Waals surface area contributed by atoms with E-state index >= 15 is 0 Å².